The van der Waals surface area contributed by atoms with Gasteiger partial charge in [0.1, 0.15) is 17.4 Å². The number of ether oxygens (including phenoxy) is 1. The molecule has 8 heteroatoms. The minimum absolute atomic E-state index is 0.0410. The lowest BCUT2D eigenvalue weighted by molar-refractivity contribution is -0.138. The molecule has 0 aromatic heterocycles. The van der Waals surface area contributed by atoms with Gasteiger partial charge < -0.3 is 20.1 Å². The van der Waals surface area contributed by atoms with E-state index in [0.717, 1.165) is 42.7 Å². The summed E-state index contributed by atoms with van der Waals surface area (Å²) in [5, 5.41) is 23.4. The van der Waals surface area contributed by atoms with Crippen molar-refractivity contribution in [2.45, 2.75) is 39.5 Å². The summed E-state index contributed by atoms with van der Waals surface area (Å²) >= 11 is 0. The predicted octanol–water partition coefficient (Wildman–Crippen LogP) is 7.33. The second-order valence-electron chi connectivity index (χ2n) is 11.1. The van der Waals surface area contributed by atoms with Crippen LogP contribution in [0.3, 0.4) is 0 Å². The molecule has 0 radical (unpaired) electrons. The molecule has 4 aromatic rings. The highest BCUT2D eigenvalue weighted by Gasteiger charge is 2.22. The number of hydrogen-bond donors (Lipinski definition) is 2. The number of rotatable bonds is 16. The second kappa shape index (κ2) is 17.9. The smallest absolute Gasteiger partial charge is 0.349 e. The topological polar surface area (TPSA) is 120 Å². The number of unbranched alkanes of at least 4 members (excludes halogenated alkanes) is 3. The third kappa shape index (κ3) is 8.98. The van der Waals surface area contributed by atoms with Crippen molar-refractivity contribution in [3.05, 3.63) is 137 Å². The zero-order valence-electron chi connectivity index (χ0n) is 27.4. The number of anilines is 1. The highest BCUT2D eigenvalue weighted by molar-refractivity contribution is 6.16. The van der Waals surface area contributed by atoms with Crippen molar-refractivity contribution in [1.82, 2.24) is 5.32 Å². The molecule has 0 saturated carbocycles. The molecule has 0 bridgehead atoms. The molecule has 0 fully saturated rings. The van der Waals surface area contributed by atoms with Crippen LogP contribution in [0.2, 0.25) is 0 Å². The van der Waals surface area contributed by atoms with E-state index in [-0.39, 0.29) is 40.5 Å². The zero-order valence-corrected chi connectivity index (χ0v) is 27.4. The predicted molar refractivity (Wildman–Crippen MR) is 188 cm³/mol. The lowest BCUT2D eigenvalue weighted by Gasteiger charge is -2.21. The molecule has 4 rings (SSSR count). The summed E-state index contributed by atoms with van der Waals surface area (Å²) in [6, 6.07) is 32.2. The van der Waals surface area contributed by atoms with Gasteiger partial charge in [-0.15, -0.1) is 0 Å². The summed E-state index contributed by atoms with van der Waals surface area (Å²) in [6.07, 6.45) is 2.85. The highest BCUT2D eigenvalue weighted by atomic mass is 16.5. The number of hydrogen-bond acceptors (Lipinski definition) is 7. The van der Waals surface area contributed by atoms with Crippen molar-refractivity contribution in [1.29, 1.82) is 5.26 Å². The molecule has 0 saturated heterocycles. The number of nitrogens with one attached hydrogen (secondary N) is 1. The number of carbonyl (C=O) groups excluding carboxylic acids is 3. The number of ketones is 1. The van der Waals surface area contributed by atoms with Crippen molar-refractivity contribution in [2.24, 2.45) is 0 Å². The molecule has 0 heterocycles. The average molecular weight is 644 g/mol. The zero-order chi connectivity index (χ0) is 34.3. The minimum atomic E-state index is -0.658. The Morgan fingerprint density at radius 3 is 1.92 bits per heavy atom. The fraction of sp³-hybridized carbons (Fsp3) is 0.250. The van der Waals surface area contributed by atoms with E-state index in [0.29, 0.717) is 25.0 Å². The molecule has 0 aliphatic carbocycles. The molecule has 8 nitrogen and oxygen atoms in total. The number of phenolic OH excluding ortho intramolecular Hbond substituents is 1. The number of esters is 1. The van der Waals surface area contributed by atoms with E-state index in [1.54, 1.807) is 42.5 Å². The lowest BCUT2D eigenvalue weighted by Crippen LogP contribution is -2.26. The number of carbonyl (C=O) groups is 3. The summed E-state index contributed by atoms with van der Waals surface area (Å²) in [5.74, 6) is -1.57. The van der Waals surface area contributed by atoms with E-state index in [4.69, 9.17) is 4.74 Å². The van der Waals surface area contributed by atoms with Gasteiger partial charge in [0.15, 0.2) is 5.78 Å². The van der Waals surface area contributed by atoms with Crippen molar-refractivity contribution in [3.63, 3.8) is 0 Å². The van der Waals surface area contributed by atoms with Gasteiger partial charge in [0.2, 0.25) is 0 Å². The molecule has 0 atom stereocenters. The number of nitrogens with zero attached hydrogens (tertiary/aromatic N) is 2. The molecular weight excluding hydrogens is 602 g/mol. The first-order valence-electron chi connectivity index (χ1n) is 16.3. The molecule has 48 heavy (non-hydrogen) atoms. The monoisotopic (exact) mass is 643 g/mol. The van der Waals surface area contributed by atoms with Crippen LogP contribution in [0.15, 0.2) is 109 Å². The van der Waals surface area contributed by atoms with Gasteiger partial charge >= 0.3 is 5.97 Å². The molecule has 4 aromatic carbocycles. The number of nitriles is 1. The van der Waals surface area contributed by atoms with Crippen molar-refractivity contribution in [3.8, 4) is 11.8 Å². The highest BCUT2D eigenvalue weighted by Crippen LogP contribution is 2.29. The van der Waals surface area contributed by atoms with Crippen LogP contribution in [0.1, 0.15) is 76.9 Å². The largest absolute Gasteiger partial charge is 0.507 e. The third-order valence-electron chi connectivity index (χ3n) is 8.05. The van der Waals surface area contributed by atoms with Gasteiger partial charge in [-0.05, 0) is 62.4 Å². The molecular formula is C40H41N3O5. The lowest BCUT2D eigenvalue weighted by atomic mass is 9.93. The van der Waals surface area contributed by atoms with E-state index in [9.17, 15) is 24.8 Å². The molecule has 0 spiro atoms. The van der Waals surface area contributed by atoms with Crippen LogP contribution in [0.4, 0.5) is 5.69 Å². The minimum Gasteiger partial charge on any atom is -0.507 e. The summed E-state index contributed by atoms with van der Waals surface area (Å²) in [5.41, 5.74) is 3.43. The van der Waals surface area contributed by atoms with Crippen molar-refractivity contribution in [2.75, 3.05) is 31.1 Å². The van der Waals surface area contributed by atoms with Gasteiger partial charge in [-0.25, -0.2) is 4.79 Å². The van der Waals surface area contributed by atoms with Crippen LogP contribution in [0, 0.1) is 11.3 Å². The standard InChI is InChI=1S/C40H41N3O5/c1-3-43(4-2)31-23-24-34(36(44)27-31)38(45)32-21-13-14-22-33(32)39(46)42-25-15-5-6-16-26-48-40(47)35(28-41)37(29-17-9-7-10-18-29)30-19-11-8-12-20-30/h7-14,17-24,27,44H,3-6,15-16,25-26H2,1-2H3,(H,42,46). The van der Waals surface area contributed by atoms with Crippen LogP contribution < -0.4 is 10.2 Å². The number of amides is 1. The Bertz CT molecular complexity index is 1730. The van der Waals surface area contributed by atoms with Gasteiger partial charge in [-0.3, -0.25) is 9.59 Å². The Labute approximate surface area is 282 Å². The third-order valence-corrected chi connectivity index (χ3v) is 8.05. The van der Waals surface area contributed by atoms with Gasteiger partial charge in [0.05, 0.1) is 17.7 Å². The van der Waals surface area contributed by atoms with E-state index in [2.05, 4.69) is 16.3 Å². The summed E-state index contributed by atoms with van der Waals surface area (Å²) in [6.45, 7) is 6.16. The van der Waals surface area contributed by atoms with E-state index < -0.39 is 11.8 Å². The van der Waals surface area contributed by atoms with E-state index >= 15 is 0 Å². The number of aromatic hydroxyl groups is 1. The van der Waals surface area contributed by atoms with Gasteiger partial charge in [-0.1, -0.05) is 85.3 Å². The Morgan fingerprint density at radius 1 is 0.750 bits per heavy atom. The number of benzene rings is 4. The Kier molecular flexibility index (Phi) is 13.1. The summed E-state index contributed by atoms with van der Waals surface area (Å²) in [7, 11) is 0. The van der Waals surface area contributed by atoms with Crippen LogP contribution in [-0.2, 0) is 9.53 Å². The summed E-state index contributed by atoms with van der Waals surface area (Å²) in [4.78, 5) is 41.5. The van der Waals surface area contributed by atoms with Gasteiger partial charge in [0.25, 0.3) is 5.91 Å². The van der Waals surface area contributed by atoms with Crippen molar-refractivity contribution < 1.29 is 24.2 Å². The summed E-state index contributed by atoms with van der Waals surface area (Å²) < 4.78 is 5.49. The maximum atomic E-state index is 13.4. The fourth-order valence-electron chi connectivity index (χ4n) is 5.51. The molecule has 2 N–H and O–H groups in total. The first-order valence-corrected chi connectivity index (χ1v) is 16.3. The van der Waals surface area contributed by atoms with Crippen LogP contribution in [0.25, 0.3) is 5.57 Å². The fourth-order valence-corrected chi connectivity index (χ4v) is 5.51. The van der Waals surface area contributed by atoms with Crippen molar-refractivity contribution >= 4 is 28.9 Å². The van der Waals surface area contributed by atoms with Crippen LogP contribution in [-0.4, -0.2) is 49.0 Å². The SMILES string of the molecule is CCN(CC)c1ccc(C(=O)c2ccccc2C(=O)NCCCCCCOC(=O)C(C#N)=C(c2ccccc2)c2ccccc2)c(O)c1. The van der Waals surface area contributed by atoms with E-state index in [1.807, 2.05) is 74.5 Å². The molecule has 0 aliphatic heterocycles. The number of phenols is 1. The Hall–Kier alpha value is -5.68. The molecule has 0 unspecified atom stereocenters. The average Bonchev–Trinajstić information content (AvgIpc) is 3.12. The maximum absolute atomic E-state index is 13.4. The molecule has 0 aliphatic rings. The Morgan fingerprint density at radius 2 is 1.33 bits per heavy atom. The maximum Gasteiger partial charge on any atom is 0.349 e. The molecule has 1 amide bonds. The van der Waals surface area contributed by atoms with Crippen LogP contribution >= 0.6 is 0 Å². The van der Waals surface area contributed by atoms with Gasteiger partial charge in [-0.2, -0.15) is 5.26 Å². The second-order valence-corrected chi connectivity index (χ2v) is 11.1. The molecule has 246 valence electrons. The quantitative estimate of drug-likeness (QED) is 0.0431. The first-order chi connectivity index (χ1) is 23.4. The first kappa shape index (κ1) is 35.2. The van der Waals surface area contributed by atoms with Gasteiger partial charge in [0, 0.05) is 42.5 Å². The van der Waals surface area contributed by atoms with E-state index in [1.165, 1.54) is 0 Å². The Balaban J connectivity index is 1.26. The van der Waals surface area contributed by atoms with Crippen LogP contribution in [0.5, 0.6) is 5.75 Å². The normalized spacial score (nSPS) is 10.4.